The number of benzene rings is 2. The summed E-state index contributed by atoms with van der Waals surface area (Å²) >= 11 is 5.55. The molecule has 0 aromatic heterocycles. The second-order valence-electron chi connectivity index (χ2n) is 4.92. The molecule has 0 fully saturated rings. The lowest BCUT2D eigenvalue weighted by molar-refractivity contribution is 0.102. The van der Waals surface area contributed by atoms with E-state index in [-0.39, 0.29) is 11.3 Å². The van der Waals surface area contributed by atoms with Crippen molar-refractivity contribution < 1.29 is 9.59 Å². The van der Waals surface area contributed by atoms with Gasteiger partial charge in [0.1, 0.15) is 0 Å². The van der Waals surface area contributed by atoms with Crippen LogP contribution in [0, 0.1) is 20.8 Å². The third kappa shape index (κ3) is 2.66. The van der Waals surface area contributed by atoms with Gasteiger partial charge >= 0.3 is 0 Å². The first-order valence-corrected chi connectivity index (χ1v) is 6.71. The fourth-order valence-corrected chi connectivity index (χ4v) is 2.69. The Kier molecular flexibility index (Phi) is 4.05. The van der Waals surface area contributed by atoms with Crippen molar-refractivity contribution in [3.8, 4) is 0 Å². The van der Waals surface area contributed by atoms with Crippen LogP contribution >= 0.6 is 11.6 Å². The van der Waals surface area contributed by atoms with Gasteiger partial charge in [0, 0.05) is 16.7 Å². The fourth-order valence-electron chi connectivity index (χ4n) is 2.53. The van der Waals surface area contributed by atoms with Crippen LogP contribution in [0.3, 0.4) is 0 Å². The molecule has 0 bridgehead atoms. The van der Waals surface area contributed by atoms with Crippen molar-refractivity contribution in [3.63, 3.8) is 0 Å². The summed E-state index contributed by atoms with van der Waals surface area (Å²) in [5.41, 5.74) is 4.16. The van der Waals surface area contributed by atoms with Crippen LogP contribution in [0.25, 0.3) is 0 Å². The molecule has 2 aromatic carbocycles. The van der Waals surface area contributed by atoms with Gasteiger partial charge < -0.3 is 0 Å². The highest BCUT2D eigenvalue weighted by molar-refractivity contribution is 6.68. The quantitative estimate of drug-likeness (QED) is 0.625. The van der Waals surface area contributed by atoms with Gasteiger partial charge in [-0.1, -0.05) is 35.9 Å². The third-order valence-corrected chi connectivity index (χ3v) is 3.49. The molecule has 2 rings (SSSR count). The summed E-state index contributed by atoms with van der Waals surface area (Å²) in [6.45, 7) is 5.79. The van der Waals surface area contributed by atoms with Gasteiger partial charge in [0.25, 0.3) is 5.24 Å². The lowest BCUT2D eigenvalue weighted by atomic mass is 9.91. The van der Waals surface area contributed by atoms with Gasteiger partial charge in [-0.05, 0) is 49.6 Å². The van der Waals surface area contributed by atoms with Crippen molar-refractivity contribution in [1.82, 2.24) is 0 Å². The molecular formula is C17H15ClO2. The summed E-state index contributed by atoms with van der Waals surface area (Å²) in [5.74, 6) is -0.162. The number of ketones is 1. The molecular weight excluding hydrogens is 272 g/mol. The van der Waals surface area contributed by atoms with E-state index in [4.69, 9.17) is 11.6 Å². The molecule has 0 atom stereocenters. The average molecular weight is 287 g/mol. The monoisotopic (exact) mass is 286 g/mol. The van der Waals surface area contributed by atoms with Crippen LogP contribution in [0.4, 0.5) is 0 Å². The molecule has 0 amide bonds. The van der Waals surface area contributed by atoms with Gasteiger partial charge in [0.15, 0.2) is 5.78 Å². The smallest absolute Gasteiger partial charge is 0.253 e. The molecule has 0 aliphatic heterocycles. The first-order valence-electron chi connectivity index (χ1n) is 6.33. The maximum atomic E-state index is 12.7. The average Bonchev–Trinajstić information content (AvgIpc) is 2.37. The van der Waals surface area contributed by atoms with Gasteiger partial charge in [0.05, 0.1) is 0 Å². The molecule has 0 radical (unpaired) electrons. The number of halogens is 1. The van der Waals surface area contributed by atoms with E-state index >= 15 is 0 Å². The molecule has 0 aliphatic rings. The van der Waals surface area contributed by atoms with Crippen molar-refractivity contribution >= 4 is 22.6 Å². The van der Waals surface area contributed by atoms with Crippen LogP contribution in [0.2, 0.25) is 0 Å². The lowest BCUT2D eigenvalue weighted by Crippen LogP contribution is -2.10. The summed E-state index contributed by atoms with van der Waals surface area (Å²) in [5, 5.41) is -0.614. The summed E-state index contributed by atoms with van der Waals surface area (Å²) in [6, 6.07) is 10.6. The van der Waals surface area contributed by atoms with Gasteiger partial charge in [-0.25, -0.2) is 0 Å². The van der Waals surface area contributed by atoms with Crippen LogP contribution in [0.5, 0.6) is 0 Å². The molecule has 0 heterocycles. The molecule has 0 unspecified atom stereocenters. The standard InChI is InChI=1S/C17H15ClO2/c1-10-8-11(2)15(12(3)9-10)16(19)13-6-4-5-7-14(13)17(18)20/h4-9H,1-3H3. The maximum Gasteiger partial charge on any atom is 0.253 e. The first kappa shape index (κ1) is 14.5. The van der Waals surface area contributed by atoms with Crippen molar-refractivity contribution in [2.45, 2.75) is 20.8 Å². The summed E-state index contributed by atoms with van der Waals surface area (Å²) in [4.78, 5) is 24.2. The highest BCUT2D eigenvalue weighted by atomic mass is 35.5. The van der Waals surface area contributed by atoms with E-state index in [1.54, 1.807) is 24.3 Å². The Morgan fingerprint density at radius 2 is 1.40 bits per heavy atom. The third-order valence-electron chi connectivity index (χ3n) is 3.29. The Hall–Kier alpha value is -1.93. The lowest BCUT2D eigenvalue weighted by Gasteiger charge is -2.12. The maximum absolute atomic E-state index is 12.7. The molecule has 0 saturated heterocycles. The van der Waals surface area contributed by atoms with Gasteiger partial charge in [-0.15, -0.1) is 0 Å². The van der Waals surface area contributed by atoms with Crippen LogP contribution in [0.1, 0.15) is 43.0 Å². The van der Waals surface area contributed by atoms with E-state index in [0.29, 0.717) is 11.1 Å². The molecule has 3 heteroatoms. The summed E-state index contributed by atoms with van der Waals surface area (Å²) in [7, 11) is 0. The molecule has 0 saturated carbocycles. The second kappa shape index (κ2) is 5.59. The molecule has 0 spiro atoms. The zero-order valence-corrected chi connectivity index (χ0v) is 12.4. The Morgan fingerprint density at radius 1 is 0.900 bits per heavy atom. The predicted molar refractivity (Wildman–Crippen MR) is 80.7 cm³/mol. The topological polar surface area (TPSA) is 34.1 Å². The van der Waals surface area contributed by atoms with Crippen molar-refractivity contribution in [1.29, 1.82) is 0 Å². The zero-order chi connectivity index (χ0) is 14.9. The molecule has 2 aromatic rings. The highest BCUT2D eigenvalue weighted by Crippen LogP contribution is 2.22. The van der Waals surface area contributed by atoms with Crippen molar-refractivity contribution in [2.24, 2.45) is 0 Å². The normalized spacial score (nSPS) is 10.4. The number of aryl methyl sites for hydroxylation is 3. The Balaban J connectivity index is 2.61. The van der Waals surface area contributed by atoms with Gasteiger partial charge in [-0.3, -0.25) is 9.59 Å². The minimum Gasteiger partial charge on any atom is -0.289 e. The van der Waals surface area contributed by atoms with Crippen LogP contribution < -0.4 is 0 Å². The zero-order valence-electron chi connectivity index (χ0n) is 11.7. The van der Waals surface area contributed by atoms with Crippen LogP contribution in [-0.2, 0) is 0 Å². The summed E-state index contributed by atoms with van der Waals surface area (Å²) < 4.78 is 0. The second-order valence-corrected chi connectivity index (χ2v) is 5.27. The molecule has 2 nitrogen and oxygen atoms in total. The van der Waals surface area contributed by atoms with Crippen LogP contribution in [-0.4, -0.2) is 11.0 Å². The Labute approximate surface area is 123 Å². The number of carbonyl (C=O) groups is 2. The van der Waals surface area contributed by atoms with Gasteiger partial charge in [0.2, 0.25) is 0 Å². The van der Waals surface area contributed by atoms with Crippen LogP contribution in [0.15, 0.2) is 36.4 Å². The minimum absolute atomic E-state index is 0.162. The Morgan fingerprint density at radius 3 is 1.90 bits per heavy atom. The number of hydrogen-bond acceptors (Lipinski definition) is 2. The fraction of sp³-hybridized carbons (Fsp3) is 0.176. The largest absolute Gasteiger partial charge is 0.289 e. The predicted octanol–water partition coefficient (Wildman–Crippen LogP) is 4.22. The minimum atomic E-state index is -0.614. The highest BCUT2D eigenvalue weighted by Gasteiger charge is 2.19. The molecule has 20 heavy (non-hydrogen) atoms. The van der Waals surface area contributed by atoms with E-state index in [9.17, 15) is 9.59 Å². The van der Waals surface area contributed by atoms with E-state index < -0.39 is 5.24 Å². The Bertz CT molecular complexity index is 679. The SMILES string of the molecule is Cc1cc(C)c(C(=O)c2ccccc2C(=O)Cl)c(C)c1. The van der Waals surface area contributed by atoms with Crippen molar-refractivity contribution in [3.05, 3.63) is 69.8 Å². The first-order chi connectivity index (χ1) is 9.41. The number of carbonyl (C=O) groups excluding carboxylic acids is 2. The molecule has 0 aliphatic carbocycles. The van der Waals surface area contributed by atoms with E-state index in [0.717, 1.165) is 16.7 Å². The number of hydrogen-bond donors (Lipinski definition) is 0. The summed E-state index contributed by atoms with van der Waals surface area (Å²) in [6.07, 6.45) is 0. The molecule has 102 valence electrons. The number of rotatable bonds is 3. The van der Waals surface area contributed by atoms with E-state index in [2.05, 4.69) is 0 Å². The van der Waals surface area contributed by atoms with E-state index in [1.807, 2.05) is 32.9 Å². The van der Waals surface area contributed by atoms with E-state index in [1.165, 1.54) is 0 Å². The molecule has 0 N–H and O–H groups in total. The van der Waals surface area contributed by atoms with Gasteiger partial charge in [-0.2, -0.15) is 0 Å². The van der Waals surface area contributed by atoms with Crippen molar-refractivity contribution in [2.75, 3.05) is 0 Å².